The van der Waals surface area contributed by atoms with Gasteiger partial charge in [0, 0.05) is 6.42 Å². The monoisotopic (exact) mass is 378 g/mol. The standard InChI is InChI=1S/C16H26O10/c1-6-5-24-14(12-15(2,22)3-8(18)16(6,12)23)26-13-11(21)10(20)9(19)7(4-17)25-13/h5,7-14,17-23H,3-4H2,1-2H3/t7-,8+,9-,10+,11-,12?,13+,14+,15-,16?/m1/s1. The molecule has 0 aromatic heterocycles. The third kappa shape index (κ3) is 2.86. The highest BCUT2D eigenvalue weighted by atomic mass is 16.8. The van der Waals surface area contributed by atoms with E-state index < -0.39 is 66.8 Å². The third-order valence-corrected chi connectivity index (χ3v) is 5.66. The first-order valence-corrected chi connectivity index (χ1v) is 8.45. The van der Waals surface area contributed by atoms with E-state index in [0.29, 0.717) is 5.57 Å². The van der Waals surface area contributed by atoms with E-state index in [9.17, 15) is 35.7 Å². The van der Waals surface area contributed by atoms with E-state index in [0.717, 1.165) is 0 Å². The first-order valence-electron chi connectivity index (χ1n) is 8.45. The first-order chi connectivity index (χ1) is 12.0. The van der Waals surface area contributed by atoms with Gasteiger partial charge in [-0.3, -0.25) is 0 Å². The molecule has 3 rings (SSSR count). The van der Waals surface area contributed by atoms with E-state index in [2.05, 4.69) is 0 Å². The fraction of sp³-hybridized carbons (Fsp3) is 0.875. The molecule has 26 heavy (non-hydrogen) atoms. The average Bonchev–Trinajstić information content (AvgIpc) is 2.77. The summed E-state index contributed by atoms with van der Waals surface area (Å²) in [5, 5.41) is 70.9. The number of rotatable bonds is 3. The second kappa shape index (κ2) is 6.66. The van der Waals surface area contributed by atoms with E-state index in [-0.39, 0.29) is 6.42 Å². The Balaban J connectivity index is 1.85. The summed E-state index contributed by atoms with van der Waals surface area (Å²) in [6.45, 7) is 2.34. The molecule has 2 fully saturated rings. The predicted molar refractivity (Wildman–Crippen MR) is 83.2 cm³/mol. The summed E-state index contributed by atoms with van der Waals surface area (Å²) in [4.78, 5) is 0. The van der Waals surface area contributed by atoms with E-state index >= 15 is 0 Å². The minimum Gasteiger partial charge on any atom is -0.472 e. The van der Waals surface area contributed by atoms with Gasteiger partial charge in [0.05, 0.1) is 30.5 Å². The molecule has 0 radical (unpaired) electrons. The molecule has 3 aliphatic rings. The highest BCUT2D eigenvalue weighted by Gasteiger charge is 2.66. The highest BCUT2D eigenvalue weighted by Crippen LogP contribution is 2.52. The summed E-state index contributed by atoms with van der Waals surface area (Å²) in [5.74, 6) is -1.11. The van der Waals surface area contributed by atoms with Gasteiger partial charge in [-0.2, -0.15) is 0 Å². The Morgan fingerprint density at radius 2 is 1.77 bits per heavy atom. The Morgan fingerprint density at radius 1 is 1.12 bits per heavy atom. The summed E-state index contributed by atoms with van der Waals surface area (Å²) in [5.41, 5.74) is -3.05. The van der Waals surface area contributed by atoms with Crippen molar-refractivity contribution in [2.24, 2.45) is 5.92 Å². The van der Waals surface area contributed by atoms with E-state index in [1.165, 1.54) is 13.2 Å². The van der Waals surface area contributed by atoms with E-state index in [1.807, 2.05) is 0 Å². The molecule has 0 aromatic rings. The molecule has 0 bridgehead atoms. The van der Waals surface area contributed by atoms with Gasteiger partial charge in [0.2, 0.25) is 6.29 Å². The number of aliphatic hydroxyl groups excluding tert-OH is 5. The number of aliphatic hydroxyl groups is 7. The van der Waals surface area contributed by atoms with Crippen molar-refractivity contribution in [3.8, 4) is 0 Å². The Labute approximate surface area is 149 Å². The minimum absolute atomic E-state index is 0.128. The predicted octanol–water partition coefficient (Wildman–Crippen LogP) is -3.07. The van der Waals surface area contributed by atoms with Gasteiger partial charge in [-0.15, -0.1) is 0 Å². The molecule has 1 saturated heterocycles. The Morgan fingerprint density at radius 3 is 2.38 bits per heavy atom. The molecule has 2 unspecified atom stereocenters. The molecule has 10 heteroatoms. The van der Waals surface area contributed by atoms with Crippen molar-refractivity contribution in [3.63, 3.8) is 0 Å². The van der Waals surface area contributed by atoms with Crippen LogP contribution in [-0.4, -0.2) is 96.7 Å². The van der Waals surface area contributed by atoms with Crippen molar-refractivity contribution < 1.29 is 50.0 Å². The molecule has 2 heterocycles. The van der Waals surface area contributed by atoms with Gasteiger partial charge >= 0.3 is 0 Å². The topological polar surface area (TPSA) is 169 Å². The average molecular weight is 378 g/mol. The highest BCUT2D eigenvalue weighted by molar-refractivity contribution is 5.28. The second-order valence-electron chi connectivity index (χ2n) is 7.52. The van der Waals surface area contributed by atoms with Crippen LogP contribution < -0.4 is 0 Å². The largest absolute Gasteiger partial charge is 0.472 e. The van der Waals surface area contributed by atoms with Gasteiger partial charge in [-0.05, 0) is 19.4 Å². The zero-order chi connectivity index (χ0) is 19.4. The molecular weight excluding hydrogens is 352 g/mol. The Kier molecular flexibility index (Phi) is 5.10. The van der Waals surface area contributed by atoms with Crippen LogP contribution >= 0.6 is 0 Å². The van der Waals surface area contributed by atoms with Crippen molar-refractivity contribution in [1.82, 2.24) is 0 Å². The zero-order valence-corrected chi connectivity index (χ0v) is 14.5. The molecular formula is C16H26O10. The molecule has 0 aromatic carbocycles. The maximum Gasteiger partial charge on any atom is 0.210 e. The van der Waals surface area contributed by atoms with Crippen molar-refractivity contribution in [3.05, 3.63) is 11.8 Å². The maximum atomic E-state index is 11.0. The van der Waals surface area contributed by atoms with Crippen LogP contribution in [0.4, 0.5) is 0 Å². The molecule has 0 spiro atoms. The third-order valence-electron chi connectivity index (χ3n) is 5.66. The van der Waals surface area contributed by atoms with Crippen LogP contribution in [0, 0.1) is 5.92 Å². The van der Waals surface area contributed by atoms with Gasteiger partial charge in [-0.1, -0.05) is 0 Å². The maximum absolute atomic E-state index is 11.0. The summed E-state index contributed by atoms with van der Waals surface area (Å²) >= 11 is 0. The number of hydrogen-bond acceptors (Lipinski definition) is 10. The van der Waals surface area contributed by atoms with Crippen molar-refractivity contribution in [1.29, 1.82) is 0 Å². The smallest absolute Gasteiger partial charge is 0.210 e. The summed E-state index contributed by atoms with van der Waals surface area (Å²) in [7, 11) is 0. The summed E-state index contributed by atoms with van der Waals surface area (Å²) < 4.78 is 16.3. The van der Waals surface area contributed by atoms with Gasteiger partial charge in [0.15, 0.2) is 6.29 Å². The van der Waals surface area contributed by atoms with Gasteiger partial charge < -0.3 is 50.0 Å². The lowest BCUT2D eigenvalue weighted by Crippen LogP contribution is -2.62. The molecule has 1 saturated carbocycles. The van der Waals surface area contributed by atoms with E-state index in [1.54, 1.807) is 6.92 Å². The summed E-state index contributed by atoms with van der Waals surface area (Å²) in [6.07, 6.45) is -9.04. The lowest BCUT2D eigenvalue weighted by molar-refractivity contribution is -0.352. The van der Waals surface area contributed by atoms with Crippen LogP contribution in [-0.2, 0) is 14.2 Å². The number of ether oxygens (including phenoxy) is 3. The quantitative estimate of drug-likeness (QED) is 0.267. The fourth-order valence-electron chi connectivity index (χ4n) is 4.13. The SMILES string of the molecule is CC1=CO[C@@H](O[C@@H]2O[C@H](CO)[C@@H](O)[C@H](O)[C@H]2O)C2C1(O)[C@@H](O)C[C@@]2(C)O. The van der Waals surface area contributed by atoms with Gasteiger partial charge in [-0.25, -0.2) is 0 Å². The molecule has 150 valence electrons. The number of hydrogen-bond donors (Lipinski definition) is 7. The van der Waals surface area contributed by atoms with Crippen molar-refractivity contribution >= 4 is 0 Å². The van der Waals surface area contributed by atoms with Crippen LogP contribution in [0.5, 0.6) is 0 Å². The number of fused-ring (bicyclic) bond motifs is 1. The van der Waals surface area contributed by atoms with Gasteiger partial charge in [0.1, 0.15) is 30.0 Å². The fourth-order valence-corrected chi connectivity index (χ4v) is 4.13. The van der Waals surface area contributed by atoms with Crippen LogP contribution in [0.3, 0.4) is 0 Å². The molecule has 10 atom stereocenters. The molecule has 10 nitrogen and oxygen atoms in total. The summed E-state index contributed by atoms with van der Waals surface area (Å²) in [6, 6.07) is 0. The molecule has 2 aliphatic heterocycles. The molecule has 0 amide bonds. The van der Waals surface area contributed by atoms with Crippen LogP contribution in [0.1, 0.15) is 20.3 Å². The van der Waals surface area contributed by atoms with Crippen LogP contribution in [0.2, 0.25) is 0 Å². The Bertz CT molecular complexity index is 563. The minimum atomic E-state index is -1.81. The Hall–Kier alpha value is -0.820. The van der Waals surface area contributed by atoms with E-state index in [4.69, 9.17) is 14.2 Å². The lowest BCUT2D eigenvalue weighted by Gasteiger charge is -2.46. The van der Waals surface area contributed by atoms with Crippen LogP contribution in [0.25, 0.3) is 0 Å². The first kappa shape index (κ1) is 19.9. The molecule has 7 N–H and O–H groups in total. The zero-order valence-electron chi connectivity index (χ0n) is 14.5. The van der Waals surface area contributed by atoms with Crippen molar-refractivity contribution in [2.75, 3.05) is 6.61 Å². The van der Waals surface area contributed by atoms with Crippen LogP contribution in [0.15, 0.2) is 11.8 Å². The normalized spacial score (nSPS) is 54.4. The van der Waals surface area contributed by atoms with Crippen molar-refractivity contribution in [2.45, 2.75) is 74.6 Å². The second-order valence-corrected chi connectivity index (χ2v) is 7.52. The lowest BCUT2D eigenvalue weighted by atomic mass is 9.77. The molecule has 1 aliphatic carbocycles. The van der Waals surface area contributed by atoms with Gasteiger partial charge in [0.25, 0.3) is 0 Å².